The molecule has 96 valence electrons. The van der Waals surface area contributed by atoms with Gasteiger partial charge in [-0.1, -0.05) is 6.92 Å². The summed E-state index contributed by atoms with van der Waals surface area (Å²) in [6, 6.07) is 5.51. The lowest BCUT2D eigenvalue weighted by molar-refractivity contribution is 0.0994. The van der Waals surface area contributed by atoms with Crippen molar-refractivity contribution in [2.75, 3.05) is 20.3 Å². The molecule has 4 nitrogen and oxygen atoms in total. The van der Waals surface area contributed by atoms with E-state index in [4.69, 9.17) is 9.47 Å². The number of hydrogen-bond donors (Lipinski definition) is 0. The minimum absolute atomic E-state index is 0.0352. The Bertz CT molecular complexity index is 480. The SMILES string of the molecule is CCc1cc(C(=O)CC2=NCCO2)ccc1OC. The molecule has 0 amide bonds. The topological polar surface area (TPSA) is 47.9 Å². The molecule has 1 aliphatic rings. The maximum Gasteiger partial charge on any atom is 0.191 e. The average molecular weight is 247 g/mol. The monoisotopic (exact) mass is 247 g/mol. The number of nitrogens with zero attached hydrogens (tertiary/aromatic N) is 1. The molecule has 4 heteroatoms. The molecular formula is C14H17NO3. The van der Waals surface area contributed by atoms with Crippen LogP contribution in [-0.4, -0.2) is 31.9 Å². The number of benzene rings is 1. The molecule has 0 saturated heterocycles. The summed E-state index contributed by atoms with van der Waals surface area (Å²) in [6.07, 6.45) is 1.08. The number of carbonyl (C=O) groups excluding carboxylic acids is 1. The summed E-state index contributed by atoms with van der Waals surface area (Å²) in [6.45, 7) is 3.28. The van der Waals surface area contributed by atoms with Crippen LogP contribution in [0.5, 0.6) is 5.75 Å². The molecule has 1 heterocycles. The van der Waals surface area contributed by atoms with E-state index in [9.17, 15) is 4.79 Å². The predicted molar refractivity (Wildman–Crippen MR) is 69.6 cm³/mol. The Morgan fingerprint density at radius 3 is 2.94 bits per heavy atom. The van der Waals surface area contributed by atoms with Crippen LogP contribution in [0.1, 0.15) is 29.3 Å². The van der Waals surface area contributed by atoms with Crippen molar-refractivity contribution >= 4 is 11.7 Å². The van der Waals surface area contributed by atoms with Gasteiger partial charge in [-0.25, -0.2) is 0 Å². The van der Waals surface area contributed by atoms with E-state index < -0.39 is 0 Å². The van der Waals surface area contributed by atoms with Gasteiger partial charge in [0.05, 0.1) is 20.1 Å². The Morgan fingerprint density at radius 2 is 2.33 bits per heavy atom. The first-order valence-electron chi connectivity index (χ1n) is 6.10. The standard InChI is InChI=1S/C14H17NO3/c1-3-10-8-11(4-5-13(10)17-2)12(16)9-14-15-6-7-18-14/h4-5,8H,3,6-7,9H2,1-2H3. The Balaban J connectivity index is 2.14. The molecule has 1 aliphatic heterocycles. The van der Waals surface area contributed by atoms with Gasteiger partial charge in [-0.15, -0.1) is 0 Å². The van der Waals surface area contributed by atoms with Gasteiger partial charge in [0.2, 0.25) is 0 Å². The van der Waals surface area contributed by atoms with Gasteiger partial charge in [0.15, 0.2) is 11.7 Å². The zero-order valence-electron chi connectivity index (χ0n) is 10.7. The zero-order valence-corrected chi connectivity index (χ0v) is 10.7. The number of aryl methyl sites for hydroxylation is 1. The van der Waals surface area contributed by atoms with Crippen molar-refractivity contribution in [1.29, 1.82) is 0 Å². The van der Waals surface area contributed by atoms with Gasteiger partial charge in [0, 0.05) is 5.56 Å². The van der Waals surface area contributed by atoms with Crippen LogP contribution in [0.2, 0.25) is 0 Å². The molecule has 0 fully saturated rings. The molecule has 0 bridgehead atoms. The van der Waals surface area contributed by atoms with Gasteiger partial charge in [-0.2, -0.15) is 0 Å². The van der Waals surface area contributed by atoms with Gasteiger partial charge in [0.25, 0.3) is 0 Å². The minimum atomic E-state index is 0.0352. The Labute approximate surface area is 107 Å². The highest BCUT2D eigenvalue weighted by molar-refractivity contribution is 6.07. The maximum absolute atomic E-state index is 12.1. The second-order valence-corrected chi connectivity index (χ2v) is 4.10. The van der Waals surface area contributed by atoms with Crippen molar-refractivity contribution in [3.05, 3.63) is 29.3 Å². The lowest BCUT2D eigenvalue weighted by atomic mass is 10.0. The van der Waals surface area contributed by atoms with Crippen molar-refractivity contribution in [3.8, 4) is 5.75 Å². The molecule has 0 radical (unpaired) electrons. The van der Waals surface area contributed by atoms with Gasteiger partial charge in [-0.3, -0.25) is 9.79 Å². The first-order valence-corrected chi connectivity index (χ1v) is 6.10. The van der Waals surface area contributed by atoms with E-state index in [0.717, 1.165) is 17.7 Å². The molecule has 0 unspecified atom stereocenters. The molecular weight excluding hydrogens is 230 g/mol. The summed E-state index contributed by atoms with van der Waals surface area (Å²) >= 11 is 0. The summed E-state index contributed by atoms with van der Waals surface area (Å²) in [4.78, 5) is 16.2. The van der Waals surface area contributed by atoms with Crippen molar-refractivity contribution in [3.63, 3.8) is 0 Å². The van der Waals surface area contributed by atoms with E-state index in [1.165, 1.54) is 0 Å². The van der Waals surface area contributed by atoms with E-state index in [0.29, 0.717) is 24.6 Å². The number of ether oxygens (including phenoxy) is 2. The molecule has 0 atom stereocenters. The Morgan fingerprint density at radius 1 is 1.50 bits per heavy atom. The van der Waals surface area contributed by atoms with E-state index in [2.05, 4.69) is 4.99 Å². The van der Waals surface area contributed by atoms with Crippen LogP contribution in [0.4, 0.5) is 0 Å². The number of ketones is 1. The van der Waals surface area contributed by atoms with Crippen LogP contribution < -0.4 is 4.74 Å². The number of hydrogen-bond acceptors (Lipinski definition) is 4. The molecule has 0 N–H and O–H groups in total. The first kappa shape index (κ1) is 12.6. The van der Waals surface area contributed by atoms with Crippen LogP contribution >= 0.6 is 0 Å². The highest BCUT2D eigenvalue weighted by Crippen LogP contribution is 2.21. The highest BCUT2D eigenvalue weighted by Gasteiger charge is 2.15. The second-order valence-electron chi connectivity index (χ2n) is 4.10. The van der Waals surface area contributed by atoms with Gasteiger partial charge in [0.1, 0.15) is 12.4 Å². The Kier molecular flexibility index (Phi) is 3.97. The lowest BCUT2D eigenvalue weighted by Gasteiger charge is -2.08. The summed E-state index contributed by atoms with van der Waals surface area (Å²) in [5.74, 6) is 1.41. The summed E-state index contributed by atoms with van der Waals surface area (Å²) < 4.78 is 10.5. The largest absolute Gasteiger partial charge is 0.496 e. The number of Topliss-reactive ketones (excluding diaryl/α,β-unsaturated/α-hetero) is 1. The minimum Gasteiger partial charge on any atom is -0.496 e. The van der Waals surface area contributed by atoms with E-state index in [1.807, 2.05) is 19.1 Å². The quantitative estimate of drug-likeness (QED) is 0.750. The Hall–Kier alpha value is -1.84. The number of aliphatic imine (C=N–C) groups is 1. The van der Waals surface area contributed by atoms with Crippen LogP contribution in [0.15, 0.2) is 23.2 Å². The fourth-order valence-corrected chi connectivity index (χ4v) is 1.95. The molecule has 0 spiro atoms. The van der Waals surface area contributed by atoms with Gasteiger partial charge in [-0.05, 0) is 30.2 Å². The van der Waals surface area contributed by atoms with Crippen molar-refractivity contribution in [2.24, 2.45) is 4.99 Å². The zero-order chi connectivity index (χ0) is 13.0. The van der Waals surface area contributed by atoms with Gasteiger partial charge < -0.3 is 9.47 Å². The third kappa shape index (κ3) is 2.70. The third-order valence-electron chi connectivity index (χ3n) is 2.94. The smallest absolute Gasteiger partial charge is 0.191 e. The molecule has 1 aromatic carbocycles. The normalized spacial score (nSPS) is 14.0. The van der Waals surface area contributed by atoms with E-state index in [1.54, 1.807) is 13.2 Å². The molecule has 0 aromatic heterocycles. The average Bonchev–Trinajstić information content (AvgIpc) is 2.90. The lowest BCUT2D eigenvalue weighted by Crippen LogP contribution is -2.09. The van der Waals surface area contributed by atoms with Crippen molar-refractivity contribution < 1.29 is 14.3 Å². The molecule has 0 saturated carbocycles. The summed E-state index contributed by atoms with van der Waals surface area (Å²) in [7, 11) is 1.64. The summed E-state index contributed by atoms with van der Waals surface area (Å²) in [5.41, 5.74) is 1.73. The van der Waals surface area contributed by atoms with E-state index in [-0.39, 0.29) is 12.2 Å². The maximum atomic E-state index is 12.1. The van der Waals surface area contributed by atoms with E-state index >= 15 is 0 Å². The van der Waals surface area contributed by atoms with Crippen LogP contribution in [0.25, 0.3) is 0 Å². The molecule has 1 aromatic rings. The molecule has 0 aliphatic carbocycles. The van der Waals surface area contributed by atoms with Gasteiger partial charge >= 0.3 is 0 Å². The third-order valence-corrected chi connectivity index (χ3v) is 2.94. The van der Waals surface area contributed by atoms with Crippen molar-refractivity contribution in [1.82, 2.24) is 0 Å². The first-order chi connectivity index (χ1) is 8.74. The highest BCUT2D eigenvalue weighted by atomic mass is 16.5. The molecule has 2 rings (SSSR count). The van der Waals surface area contributed by atoms with Crippen LogP contribution in [0, 0.1) is 0 Å². The summed E-state index contributed by atoms with van der Waals surface area (Å²) in [5, 5.41) is 0. The fourth-order valence-electron chi connectivity index (χ4n) is 1.95. The number of carbonyl (C=O) groups is 1. The number of methoxy groups -OCH3 is 1. The molecule has 18 heavy (non-hydrogen) atoms. The van der Waals surface area contributed by atoms with Crippen molar-refractivity contribution in [2.45, 2.75) is 19.8 Å². The predicted octanol–water partition coefficient (Wildman–Crippen LogP) is 2.26. The second kappa shape index (κ2) is 5.67. The van der Waals surface area contributed by atoms with Crippen LogP contribution in [0.3, 0.4) is 0 Å². The number of rotatable bonds is 5. The fraction of sp³-hybridized carbons (Fsp3) is 0.429. The van der Waals surface area contributed by atoms with Crippen LogP contribution in [-0.2, 0) is 11.2 Å².